The number of halogens is 2. The molecule has 0 fully saturated rings. The van der Waals surface area contributed by atoms with E-state index >= 15 is 0 Å². The molecule has 3 aromatic heterocycles. The zero-order valence-electron chi connectivity index (χ0n) is 14.1. The van der Waals surface area contributed by atoms with Gasteiger partial charge in [0, 0.05) is 23.5 Å². The Bertz CT molecular complexity index is 1110. The number of amides is 1. The number of nitrogens with zero attached hydrogens (tertiary/aromatic N) is 3. The van der Waals surface area contributed by atoms with Gasteiger partial charge in [0.2, 0.25) is 0 Å². The third-order valence-electron chi connectivity index (χ3n) is 4.13. The summed E-state index contributed by atoms with van der Waals surface area (Å²) in [6.07, 6.45) is 3.44. The number of benzene rings is 1. The fourth-order valence-corrected chi connectivity index (χ4v) is 3.11. The molecule has 0 saturated carbocycles. The summed E-state index contributed by atoms with van der Waals surface area (Å²) in [6.45, 7) is 0.285. The zero-order chi connectivity index (χ0) is 18.8. The molecule has 134 valence electrons. The van der Waals surface area contributed by atoms with Crippen LogP contribution in [0.2, 0.25) is 10.2 Å². The number of pyridine rings is 2. The summed E-state index contributed by atoms with van der Waals surface area (Å²) in [7, 11) is 0. The van der Waals surface area contributed by atoms with Crippen LogP contribution < -0.4 is 5.32 Å². The average molecular weight is 397 g/mol. The molecular weight excluding hydrogens is 383 g/mol. The maximum atomic E-state index is 12.4. The zero-order valence-corrected chi connectivity index (χ0v) is 15.6. The fraction of sp³-hybridized carbons (Fsp3) is 0.0500. The van der Waals surface area contributed by atoms with Gasteiger partial charge in [-0.05, 0) is 36.4 Å². The Labute approximate surface area is 165 Å². The Morgan fingerprint density at radius 1 is 1.04 bits per heavy atom. The Kier molecular flexibility index (Phi) is 4.79. The molecule has 1 aromatic carbocycles. The van der Waals surface area contributed by atoms with E-state index in [0.29, 0.717) is 15.7 Å². The van der Waals surface area contributed by atoms with Gasteiger partial charge in [-0.1, -0.05) is 41.4 Å². The SMILES string of the molecule is O=C(NCc1c(-c2ccc(Cl)nc2)nc2ccc(Cl)cn12)c1ccccc1. The first-order valence-electron chi connectivity index (χ1n) is 8.23. The van der Waals surface area contributed by atoms with E-state index in [1.54, 1.807) is 36.7 Å². The number of hydrogen-bond acceptors (Lipinski definition) is 3. The van der Waals surface area contributed by atoms with Gasteiger partial charge in [0.25, 0.3) is 5.91 Å². The van der Waals surface area contributed by atoms with Crippen LogP contribution in [0.3, 0.4) is 0 Å². The molecule has 0 aliphatic heterocycles. The molecule has 4 aromatic rings. The molecule has 0 saturated heterocycles. The predicted octanol–water partition coefficient (Wildman–Crippen LogP) is 4.63. The third-order valence-corrected chi connectivity index (χ3v) is 4.58. The quantitative estimate of drug-likeness (QED) is 0.511. The van der Waals surface area contributed by atoms with E-state index in [1.807, 2.05) is 34.7 Å². The Hall–Kier alpha value is -2.89. The van der Waals surface area contributed by atoms with Crippen molar-refractivity contribution in [3.63, 3.8) is 0 Å². The smallest absolute Gasteiger partial charge is 0.251 e. The summed E-state index contributed by atoms with van der Waals surface area (Å²) in [4.78, 5) is 21.2. The predicted molar refractivity (Wildman–Crippen MR) is 106 cm³/mol. The van der Waals surface area contributed by atoms with Gasteiger partial charge in [-0.25, -0.2) is 9.97 Å². The first-order chi connectivity index (χ1) is 13.1. The highest BCUT2D eigenvalue weighted by Crippen LogP contribution is 2.26. The number of aromatic nitrogens is 3. The lowest BCUT2D eigenvalue weighted by atomic mass is 10.1. The second-order valence-electron chi connectivity index (χ2n) is 5.90. The van der Waals surface area contributed by atoms with Crippen molar-refractivity contribution in [2.24, 2.45) is 0 Å². The van der Waals surface area contributed by atoms with E-state index < -0.39 is 0 Å². The van der Waals surface area contributed by atoms with Crippen LogP contribution in [0.4, 0.5) is 0 Å². The summed E-state index contributed by atoms with van der Waals surface area (Å²) in [5.41, 5.74) is 3.66. The molecule has 0 spiro atoms. The largest absolute Gasteiger partial charge is 0.346 e. The van der Waals surface area contributed by atoms with Crippen LogP contribution in [0, 0.1) is 0 Å². The Morgan fingerprint density at radius 2 is 1.85 bits per heavy atom. The van der Waals surface area contributed by atoms with E-state index in [4.69, 9.17) is 23.2 Å². The second kappa shape index (κ2) is 7.39. The first kappa shape index (κ1) is 17.5. The monoisotopic (exact) mass is 396 g/mol. The molecule has 0 bridgehead atoms. The Balaban J connectivity index is 1.73. The molecule has 0 atom stereocenters. The van der Waals surface area contributed by atoms with Gasteiger partial charge in [0.1, 0.15) is 10.8 Å². The summed E-state index contributed by atoms with van der Waals surface area (Å²) in [5, 5.41) is 3.93. The highest BCUT2D eigenvalue weighted by Gasteiger charge is 2.16. The third kappa shape index (κ3) is 3.65. The van der Waals surface area contributed by atoms with Crippen LogP contribution in [0.5, 0.6) is 0 Å². The van der Waals surface area contributed by atoms with Crippen LogP contribution in [-0.4, -0.2) is 20.3 Å². The molecule has 1 N–H and O–H groups in total. The van der Waals surface area contributed by atoms with E-state index in [9.17, 15) is 4.79 Å². The van der Waals surface area contributed by atoms with E-state index in [1.165, 1.54) is 0 Å². The van der Waals surface area contributed by atoms with E-state index in [0.717, 1.165) is 22.6 Å². The Morgan fingerprint density at radius 3 is 2.59 bits per heavy atom. The minimum atomic E-state index is -0.159. The molecule has 0 aliphatic carbocycles. The summed E-state index contributed by atoms with van der Waals surface area (Å²) >= 11 is 12.1. The molecule has 27 heavy (non-hydrogen) atoms. The van der Waals surface area contributed by atoms with Crippen molar-refractivity contribution < 1.29 is 4.79 Å². The number of hydrogen-bond donors (Lipinski definition) is 1. The standard InChI is InChI=1S/C20H14Cl2N4O/c21-15-7-9-18-25-19(14-6-8-17(22)23-10-14)16(26(18)12-15)11-24-20(27)13-4-2-1-3-5-13/h1-10,12H,11H2,(H,24,27). The van der Waals surface area contributed by atoms with E-state index in [-0.39, 0.29) is 12.5 Å². The molecule has 5 nitrogen and oxygen atoms in total. The number of rotatable bonds is 4. The summed E-state index contributed by atoms with van der Waals surface area (Å²) in [6, 6.07) is 16.2. The van der Waals surface area contributed by atoms with Crippen molar-refractivity contribution in [1.82, 2.24) is 19.7 Å². The van der Waals surface area contributed by atoms with Crippen LogP contribution in [0.25, 0.3) is 16.9 Å². The van der Waals surface area contributed by atoms with Crippen LogP contribution in [0.15, 0.2) is 67.0 Å². The van der Waals surface area contributed by atoms with Crippen LogP contribution >= 0.6 is 23.2 Å². The molecule has 4 rings (SSSR count). The minimum absolute atomic E-state index is 0.159. The highest BCUT2D eigenvalue weighted by molar-refractivity contribution is 6.30. The number of fused-ring (bicyclic) bond motifs is 1. The lowest BCUT2D eigenvalue weighted by Crippen LogP contribution is -2.23. The van der Waals surface area contributed by atoms with Gasteiger partial charge < -0.3 is 9.72 Å². The molecule has 0 aliphatic rings. The van der Waals surface area contributed by atoms with Gasteiger partial charge in [-0.3, -0.25) is 4.79 Å². The second-order valence-corrected chi connectivity index (χ2v) is 6.72. The van der Waals surface area contributed by atoms with Gasteiger partial charge in [0.15, 0.2) is 0 Å². The summed E-state index contributed by atoms with van der Waals surface area (Å²) in [5.74, 6) is -0.159. The number of imidazole rings is 1. The van der Waals surface area contributed by atoms with Crippen molar-refractivity contribution in [1.29, 1.82) is 0 Å². The first-order valence-corrected chi connectivity index (χ1v) is 8.99. The molecule has 0 unspecified atom stereocenters. The van der Waals surface area contributed by atoms with Gasteiger partial charge in [0.05, 0.1) is 23.0 Å². The lowest BCUT2D eigenvalue weighted by molar-refractivity contribution is 0.0950. The van der Waals surface area contributed by atoms with Crippen molar-refractivity contribution >= 4 is 34.8 Å². The number of carbonyl (C=O) groups excluding carboxylic acids is 1. The maximum Gasteiger partial charge on any atom is 0.251 e. The molecule has 1 amide bonds. The summed E-state index contributed by atoms with van der Waals surface area (Å²) < 4.78 is 1.87. The lowest BCUT2D eigenvalue weighted by Gasteiger charge is -2.08. The molecular formula is C20H14Cl2N4O. The maximum absolute atomic E-state index is 12.4. The van der Waals surface area contributed by atoms with Crippen molar-refractivity contribution in [3.8, 4) is 11.3 Å². The van der Waals surface area contributed by atoms with Crippen molar-refractivity contribution in [2.45, 2.75) is 6.54 Å². The molecule has 7 heteroatoms. The highest BCUT2D eigenvalue weighted by atomic mass is 35.5. The normalized spacial score (nSPS) is 10.9. The van der Waals surface area contributed by atoms with Crippen molar-refractivity contribution in [3.05, 3.63) is 88.4 Å². The molecule has 3 heterocycles. The van der Waals surface area contributed by atoms with Crippen LogP contribution in [-0.2, 0) is 6.54 Å². The van der Waals surface area contributed by atoms with Gasteiger partial charge in [-0.2, -0.15) is 0 Å². The van der Waals surface area contributed by atoms with Crippen LogP contribution in [0.1, 0.15) is 16.1 Å². The van der Waals surface area contributed by atoms with Crippen molar-refractivity contribution in [2.75, 3.05) is 0 Å². The number of carbonyl (C=O) groups is 1. The fourth-order valence-electron chi connectivity index (χ4n) is 2.84. The van der Waals surface area contributed by atoms with E-state index in [2.05, 4.69) is 15.3 Å². The number of nitrogens with one attached hydrogen (secondary N) is 1. The van der Waals surface area contributed by atoms with Gasteiger partial charge >= 0.3 is 0 Å². The minimum Gasteiger partial charge on any atom is -0.346 e. The topological polar surface area (TPSA) is 59.3 Å². The van der Waals surface area contributed by atoms with Gasteiger partial charge in [-0.15, -0.1) is 0 Å². The molecule has 0 radical (unpaired) electrons. The average Bonchev–Trinajstić information content (AvgIpc) is 3.05.